The zero-order valence-corrected chi connectivity index (χ0v) is 13.4. The van der Waals surface area contributed by atoms with Crippen LogP contribution in [-0.4, -0.2) is 14.2 Å². The van der Waals surface area contributed by atoms with Crippen LogP contribution in [-0.2, 0) is 13.1 Å². The molecule has 0 aromatic heterocycles. The van der Waals surface area contributed by atoms with E-state index in [9.17, 15) is 0 Å². The van der Waals surface area contributed by atoms with Gasteiger partial charge in [0.15, 0.2) is 0 Å². The summed E-state index contributed by atoms with van der Waals surface area (Å²) in [7, 11) is 3.76. The number of hydrogen-bond acceptors (Lipinski definition) is 3. The third-order valence-electron chi connectivity index (χ3n) is 3.28. The van der Waals surface area contributed by atoms with Gasteiger partial charge in [-0.2, -0.15) is 0 Å². The lowest BCUT2D eigenvalue weighted by Crippen LogP contribution is -2.16. The largest absolute Gasteiger partial charge is 0.497 e. The van der Waals surface area contributed by atoms with E-state index in [0.717, 1.165) is 28.0 Å². The molecule has 106 valence electrons. The summed E-state index contributed by atoms with van der Waals surface area (Å²) < 4.78 is 6.22. The quantitative estimate of drug-likeness (QED) is 0.908. The normalized spacial score (nSPS) is 10.4. The van der Waals surface area contributed by atoms with Crippen molar-refractivity contribution in [3.05, 3.63) is 58.1 Å². The second-order valence-electron chi connectivity index (χ2n) is 4.68. The van der Waals surface area contributed by atoms with Crippen molar-refractivity contribution in [1.82, 2.24) is 0 Å². The van der Waals surface area contributed by atoms with Crippen LogP contribution >= 0.6 is 15.9 Å². The van der Waals surface area contributed by atoms with Gasteiger partial charge in [-0.3, -0.25) is 0 Å². The number of hydrogen-bond donors (Lipinski definition) is 1. The Bertz CT molecular complexity index is 569. The van der Waals surface area contributed by atoms with Gasteiger partial charge in [-0.05, 0) is 35.4 Å². The van der Waals surface area contributed by atoms with Crippen LogP contribution in [0.4, 0.5) is 5.69 Å². The Balaban J connectivity index is 2.10. The van der Waals surface area contributed by atoms with Crippen molar-refractivity contribution in [2.45, 2.75) is 13.1 Å². The Labute approximate surface area is 128 Å². The molecular weight excluding hydrogens is 316 g/mol. The minimum absolute atomic E-state index is 0.545. The average Bonchev–Trinajstić information content (AvgIpc) is 2.48. The topological polar surface area (TPSA) is 38.5 Å². The van der Waals surface area contributed by atoms with Crippen molar-refractivity contribution in [2.75, 3.05) is 19.1 Å². The Morgan fingerprint density at radius 2 is 1.85 bits per heavy atom. The van der Waals surface area contributed by atoms with E-state index in [1.165, 1.54) is 5.56 Å². The molecule has 4 heteroatoms. The first-order valence-electron chi connectivity index (χ1n) is 6.46. The SMILES string of the molecule is COc1ccc(CN(C)c2ccc(CN)c(Br)c2)cc1. The summed E-state index contributed by atoms with van der Waals surface area (Å²) in [6.45, 7) is 1.39. The number of rotatable bonds is 5. The summed E-state index contributed by atoms with van der Waals surface area (Å²) in [6.07, 6.45) is 0. The van der Waals surface area contributed by atoms with Gasteiger partial charge in [0.1, 0.15) is 5.75 Å². The van der Waals surface area contributed by atoms with Gasteiger partial charge >= 0.3 is 0 Å². The molecule has 0 spiro atoms. The number of ether oxygens (including phenoxy) is 1. The molecule has 0 heterocycles. The standard InChI is InChI=1S/C16H19BrN2O/c1-19(11-12-3-7-15(20-2)8-4-12)14-6-5-13(10-18)16(17)9-14/h3-9H,10-11,18H2,1-2H3. The van der Waals surface area contributed by atoms with Crippen molar-refractivity contribution in [1.29, 1.82) is 0 Å². The van der Waals surface area contributed by atoms with Crippen LogP contribution in [0.15, 0.2) is 46.9 Å². The van der Waals surface area contributed by atoms with Crippen LogP contribution in [0, 0.1) is 0 Å². The molecule has 2 aromatic carbocycles. The molecule has 0 atom stereocenters. The molecule has 0 aliphatic rings. The fourth-order valence-electron chi connectivity index (χ4n) is 2.04. The highest BCUT2D eigenvalue weighted by Gasteiger charge is 2.05. The highest BCUT2D eigenvalue weighted by Crippen LogP contribution is 2.24. The fraction of sp³-hybridized carbons (Fsp3) is 0.250. The monoisotopic (exact) mass is 334 g/mol. The van der Waals surface area contributed by atoms with Crippen molar-refractivity contribution >= 4 is 21.6 Å². The summed E-state index contributed by atoms with van der Waals surface area (Å²) >= 11 is 3.56. The summed E-state index contributed by atoms with van der Waals surface area (Å²) in [5, 5.41) is 0. The second-order valence-corrected chi connectivity index (χ2v) is 5.54. The van der Waals surface area contributed by atoms with E-state index >= 15 is 0 Å². The van der Waals surface area contributed by atoms with E-state index in [1.807, 2.05) is 12.1 Å². The van der Waals surface area contributed by atoms with Crippen LogP contribution < -0.4 is 15.4 Å². The molecule has 0 saturated heterocycles. The lowest BCUT2D eigenvalue weighted by molar-refractivity contribution is 0.414. The maximum Gasteiger partial charge on any atom is 0.118 e. The third-order valence-corrected chi connectivity index (χ3v) is 4.01. The maximum atomic E-state index is 5.67. The zero-order valence-electron chi connectivity index (χ0n) is 11.8. The molecule has 2 aromatic rings. The van der Waals surface area contributed by atoms with E-state index in [2.05, 4.69) is 58.2 Å². The molecule has 2 rings (SSSR count). The van der Waals surface area contributed by atoms with Crippen molar-refractivity contribution in [3.8, 4) is 5.75 Å². The molecule has 0 fully saturated rings. The van der Waals surface area contributed by atoms with Crippen LogP contribution in [0.2, 0.25) is 0 Å². The molecule has 0 radical (unpaired) electrons. The molecule has 0 aliphatic heterocycles. The number of methoxy groups -OCH3 is 1. The van der Waals surface area contributed by atoms with Gasteiger partial charge < -0.3 is 15.4 Å². The molecule has 3 nitrogen and oxygen atoms in total. The van der Waals surface area contributed by atoms with Crippen molar-refractivity contribution in [2.24, 2.45) is 5.73 Å². The van der Waals surface area contributed by atoms with Gasteiger partial charge in [-0.1, -0.05) is 34.1 Å². The number of nitrogens with two attached hydrogens (primary N) is 1. The predicted octanol–water partition coefficient (Wildman–Crippen LogP) is 3.55. The number of nitrogens with zero attached hydrogens (tertiary/aromatic N) is 1. The maximum absolute atomic E-state index is 5.67. The highest BCUT2D eigenvalue weighted by atomic mass is 79.9. The van der Waals surface area contributed by atoms with E-state index in [0.29, 0.717) is 6.54 Å². The van der Waals surface area contributed by atoms with Crippen molar-refractivity contribution in [3.63, 3.8) is 0 Å². The van der Waals surface area contributed by atoms with E-state index in [1.54, 1.807) is 7.11 Å². The van der Waals surface area contributed by atoms with E-state index in [-0.39, 0.29) is 0 Å². The minimum atomic E-state index is 0.545. The first-order valence-corrected chi connectivity index (χ1v) is 7.26. The van der Waals surface area contributed by atoms with Gasteiger partial charge in [0.2, 0.25) is 0 Å². The Hall–Kier alpha value is -1.52. The molecule has 20 heavy (non-hydrogen) atoms. The zero-order chi connectivity index (χ0) is 14.5. The summed E-state index contributed by atoms with van der Waals surface area (Å²) in [5.74, 6) is 0.881. The molecular formula is C16H19BrN2O. The number of halogens is 1. The van der Waals surface area contributed by atoms with Gasteiger partial charge in [0.05, 0.1) is 7.11 Å². The third kappa shape index (κ3) is 3.52. The van der Waals surface area contributed by atoms with E-state index < -0.39 is 0 Å². The first kappa shape index (κ1) is 14.9. The number of anilines is 1. The Morgan fingerprint density at radius 3 is 2.40 bits per heavy atom. The molecule has 0 saturated carbocycles. The fourth-order valence-corrected chi connectivity index (χ4v) is 2.56. The molecule has 2 N–H and O–H groups in total. The van der Waals surface area contributed by atoms with Gasteiger partial charge in [-0.15, -0.1) is 0 Å². The highest BCUT2D eigenvalue weighted by molar-refractivity contribution is 9.10. The lowest BCUT2D eigenvalue weighted by atomic mass is 10.1. The van der Waals surface area contributed by atoms with Crippen LogP contribution in [0.25, 0.3) is 0 Å². The summed E-state index contributed by atoms with van der Waals surface area (Å²) in [4.78, 5) is 2.20. The summed E-state index contributed by atoms with van der Waals surface area (Å²) in [5.41, 5.74) is 9.19. The van der Waals surface area contributed by atoms with Gasteiger partial charge in [0, 0.05) is 30.3 Å². The lowest BCUT2D eigenvalue weighted by Gasteiger charge is -2.20. The Morgan fingerprint density at radius 1 is 1.15 bits per heavy atom. The van der Waals surface area contributed by atoms with Gasteiger partial charge in [0.25, 0.3) is 0 Å². The van der Waals surface area contributed by atoms with Crippen LogP contribution in [0.1, 0.15) is 11.1 Å². The molecule has 0 bridgehead atoms. The van der Waals surface area contributed by atoms with Crippen molar-refractivity contribution < 1.29 is 4.74 Å². The second kappa shape index (κ2) is 6.77. The average molecular weight is 335 g/mol. The van der Waals surface area contributed by atoms with Gasteiger partial charge in [-0.25, -0.2) is 0 Å². The number of benzene rings is 2. The smallest absolute Gasteiger partial charge is 0.118 e. The van der Waals surface area contributed by atoms with Crippen LogP contribution in [0.5, 0.6) is 5.75 Å². The molecule has 0 aliphatic carbocycles. The minimum Gasteiger partial charge on any atom is -0.497 e. The predicted molar refractivity (Wildman–Crippen MR) is 87.1 cm³/mol. The van der Waals surface area contributed by atoms with E-state index in [4.69, 9.17) is 10.5 Å². The first-order chi connectivity index (χ1) is 9.63. The molecule has 0 amide bonds. The van der Waals surface area contributed by atoms with Crippen LogP contribution in [0.3, 0.4) is 0 Å². The Kier molecular flexibility index (Phi) is 5.04. The summed E-state index contributed by atoms with van der Waals surface area (Å²) in [6, 6.07) is 14.4. The molecule has 0 unspecified atom stereocenters.